The van der Waals surface area contributed by atoms with Crippen molar-refractivity contribution in [3.63, 3.8) is 0 Å². The van der Waals surface area contributed by atoms with Crippen molar-refractivity contribution in [3.8, 4) is 0 Å². The van der Waals surface area contributed by atoms with E-state index in [-0.39, 0.29) is 12.5 Å². The number of nitrogens with one attached hydrogen (secondary N) is 1. The number of aliphatic carboxylic acids is 1. The first kappa shape index (κ1) is 14.7. The number of alkyl carbamates (subject to hydrolysis) is 1. The number of carbonyl (C=O) groups is 2. The minimum Gasteiger partial charge on any atom is -0.480 e. The largest absolute Gasteiger partial charge is 0.480 e. The second kappa shape index (κ2) is 5.69. The van der Waals surface area contributed by atoms with Crippen LogP contribution in [0.15, 0.2) is 0 Å². The Kier molecular flexibility index (Phi) is 5.23. The third kappa shape index (κ3) is 7.05. The molecular weight excluding hydrogens is 212 g/mol. The molecule has 6 nitrogen and oxygen atoms in total. The average molecular weight is 232 g/mol. The summed E-state index contributed by atoms with van der Waals surface area (Å²) >= 11 is 0. The first-order chi connectivity index (χ1) is 7.11. The molecule has 0 aromatic heterocycles. The summed E-state index contributed by atoms with van der Waals surface area (Å²) in [5.74, 6) is -1.12. The summed E-state index contributed by atoms with van der Waals surface area (Å²) in [6, 6.07) is -1.33. The Hall–Kier alpha value is -1.30. The van der Waals surface area contributed by atoms with E-state index in [0.717, 1.165) is 0 Å². The summed E-state index contributed by atoms with van der Waals surface area (Å²) in [5, 5.41) is 11.1. The highest BCUT2D eigenvalue weighted by Crippen LogP contribution is 2.07. The maximum atomic E-state index is 11.3. The minimum atomic E-state index is -1.12. The van der Waals surface area contributed by atoms with E-state index in [4.69, 9.17) is 15.6 Å². The molecule has 4 N–H and O–H groups in total. The van der Waals surface area contributed by atoms with Crippen molar-refractivity contribution in [2.75, 3.05) is 0 Å². The van der Waals surface area contributed by atoms with Gasteiger partial charge in [-0.15, -0.1) is 0 Å². The summed E-state index contributed by atoms with van der Waals surface area (Å²) in [4.78, 5) is 22.1. The lowest BCUT2D eigenvalue weighted by molar-refractivity contribution is -0.139. The summed E-state index contributed by atoms with van der Waals surface area (Å²) in [6.45, 7) is 6.78. The predicted octanol–water partition coefficient (Wildman–Crippen LogP) is 0.702. The van der Waals surface area contributed by atoms with Gasteiger partial charge in [0.15, 0.2) is 0 Å². The number of carboxylic acids is 1. The van der Waals surface area contributed by atoms with Crippen molar-refractivity contribution in [3.05, 3.63) is 0 Å². The quantitative estimate of drug-likeness (QED) is 0.662. The number of hydrogen-bond acceptors (Lipinski definition) is 4. The lowest BCUT2D eigenvalue weighted by Crippen LogP contribution is -2.45. The van der Waals surface area contributed by atoms with E-state index >= 15 is 0 Å². The fourth-order valence-electron chi connectivity index (χ4n) is 1.04. The molecule has 0 aromatic carbocycles. The van der Waals surface area contributed by atoms with Gasteiger partial charge in [0.25, 0.3) is 0 Å². The van der Waals surface area contributed by atoms with Crippen LogP contribution in [0.25, 0.3) is 0 Å². The smallest absolute Gasteiger partial charge is 0.408 e. The molecular formula is C10H20N2O4. The zero-order valence-corrected chi connectivity index (χ0v) is 10.1. The van der Waals surface area contributed by atoms with Crippen molar-refractivity contribution in [1.82, 2.24) is 5.32 Å². The molecule has 0 aliphatic rings. The van der Waals surface area contributed by atoms with Crippen molar-refractivity contribution < 1.29 is 19.4 Å². The Morgan fingerprint density at radius 2 is 1.94 bits per heavy atom. The molecule has 94 valence electrons. The molecule has 0 radical (unpaired) electrons. The zero-order valence-electron chi connectivity index (χ0n) is 10.1. The lowest BCUT2D eigenvalue weighted by Gasteiger charge is -2.22. The normalized spacial score (nSPS) is 15.1. The fourth-order valence-corrected chi connectivity index (χ4v) is 1.04. The van der Waals surface area contributed by atoms with Gasteiger partial charge in [-0.2, -0.15) is 0 Å². The molecule has 0 saturated heterocycles. The number of nitrogens with two attached hydrogens (primary N) is 1. The van der Waals surface area contributed by atoms with Crippen molar-refractivity contribution in [1.29, 1.82) is 0 Å². The second-order valence-electron chi connectivity index (χ2n) is 4.75. The van der Waals surface area contributed by atoms with Crippen molar-refractivity contribution in [2.24, 2.45) is 5.73 Å². The molecule has 0 fully saturated rings. The van der Waals surface area contributed by atoms with Crippen molar-refractivity contribution >= 4 is 12.1 Å². The molecule has 0 bridgehead atoms. The predicted molar refractivity (Wildman–Crippen MR) is 59.1 cm³/mol. The van der Waals surface area contributed by atoms with Crippen LogP contribution >= 0.6 is 0 Å². The summed E-state index contributed by atoms with van der Waals surface area (Å²) in [6.07, 6.45) is -0.588. The second-order valence-corrected chi connectivity index (χ2v) is 4.75. The van der Waals surface area contributed by atoms with Gasteiger partial charge in [0.2, 0.25) is 0 Å². The van der Waals surface area contributed by atoms with Crippen molar-refractivity contribution in [2.45, 2.75) is 51.8 Å². The van der Waals surface area contributed by atoms with E-state index in [1.807, 2.05) is 0 Å². The number of ether oxygens (including phenoxy) is 1. The number of carbonyl (C=O) groups excluding carboxylic acids is 1. The molecule has 0 spiro atoms. The van der Waals surface area contributed by atoms with Gasteiger partial charge in [-0.1, -0.05) is 0 Å². The van der Waals surface area contributed by atoms with Crippen LogP contribution < -0.4 is 11.1 Å². The Morgan fingerprint density at radius 3 is 2.25 bits per heavy atom. The van der Waals surface area contributed by atoms with Gasteiger partial charge in [0.05, 0.1) is 0 Å². The average Bonchev–Trinajstić information content (AvgIpc) is 1.97. The number of hydrogen-bond donors (Lipinski definition) is 3. The Morgan fingerprint density at radius 1 is 1.44 bits per heavy atom. The zero-order chi connectivity index (χ0) is 12.9. The molecule has 0 aliphatic carbocycles. The van der Waals surface area contributed by atoms with Crippen LogP contribution in [0.3, 0.4) is 0 Å². The standard InChI is InChI=1S/C10H20N2O4/c1-6(11)5-7(8(13)14)12-9(15)16-10(2,3)4/h6-7H,5,11H2,1-4H3,(H,12,15)(H,13,14). The van der Waals surface area contributed by atoms with Gasteiger partial charge in [-0.25, -0.2) is 9.59 Å². The van der Waals surface area contributed by atoms with Gasteiger partial charge in [-0.05, 0) is 34.1 Å². The molecule has 0 rings (SSSR count). The highest BCUT2D eigenvalue weighted by molar-refractivity contribution is 5.80. The third-order valence-electron chi connectivity index (χ3n) is 1.60. The van der Waals surface area contributed by atoms with Gasteiger partial charge in [0.1, 0.15) is 11.6 Å². The van der Waals surface area contributed by atoms with Crippen LogP contribution in [-0.2, 0) is 9.53 Å². The Labute approximate surface area is 95.1 Å². The molecule has 0 saturated carbocycles. The maximum Gasteiger partial charge on any atom is 0.408 e. The molecule has 0 aliphatic heterocycles. The highest BCUT2D eigenvalue weighted by atomic mass is 16.6. The van der Waals surface area contributed by atoms with Crippen LogP contribution in [0, 0.1) is 0 Å². The number of carboxylic acid groups (broad SMARTS) is 1. The molecule has 2 unspecified atom stereocenters. The molecule has 1 amide bonds. The summed E-state index contributed by atoms with van der Waals surface area (Å²) in [7, 11) is 0. The number of amides is 1. The highest BCUT2D eigenvalue weighted by Gasteiger charge is 2.24. The van der Waals surface area contributed by atoms with Crippen LogP contribution in [0.5, 0.6) is 0 Å². The van der Waals surface area contributed by atoms with Gasteiger partial charge < -0.3 is 20.9 Å². The molecule has 0 aromatic rings. The summed E-state index contributed by atoms with van der Waals surface area (Å²) in [5.41, 5.74) is 4.83. The molecule has 6 heteroatoms. The van der Waals surface area contributed by atoms with Crippen LogP contribution in [0.2, 0.25) is 0 Å². The maximum absolute atomic E-state index is 11.3. The van der Waals surface area contributed by atoms with Gasteiger partial charge in [0, 0.05) is 6.04 Å². The van der Waals surface area contributed by atoms with E-state index in [9.17, 15) is 9.59 Å². The third-order valence-corrected chi connectivity index (χ3v) is 1.60. The van der Waals surface area contributed by atoms with E-state index < -0.39 is 23.7 Å². The SMILES string of the molecule is CC(N)CC(NC(=O)OC(C)(C)C)C(=O)O. The monoisotopic (exact) mass is 232 g/mol. The van der Waals surface area contributed by atoms with Crippen LogP contribution in [-0.4, -0.2) is 34.9 Å². The topological polar surface area (TPSA) is 102 Å². The van der Waals surface area contributed by atoms with E-state index in [1.165, 1.54) is 0 Å². The van der Waals surface area contributed by atoms with E-state index in [2.05, 4.69) is 5.32 Å². The minimum absolute atomic E-state index is 0.161. The van der Waals surface area contributed by atoms with Gasteiger partial charge >= 0.3 is 12.1 Å². The fraction of sp³-hybridized carbons (Fsp3) is 0.800. The summed E-state index contributed by atoms with van der Waals surface area (Å²) < 4.78 is 4.95. The van der Waals surface area contributed by atoms with Crippen LogP contribution in [0.4, 0.5) is 4.79 Å². The van der Waals surface area contributed by atoms with Crippen LogP contribution in [0.1, 0.15) is 34.1 Å². The Bertz CT molecular complexity index is 258. The van der Waals surface area contributed by atoms with Gasteiger partial charge in [-0.3, -0.25) is 0 Å². The Balaban J connectivity index is 4.30. The molecule has 2 atom stereocenters. The number of rotatable bonds is 4. The lowest BCUT2D eigenvalue weighted by atomic mass is 10.1. The first-order valence-corrected chi connectivity index (χ1v) is 5.09. The first-order valence-electron chi connectivity index (χ1n) is 5.09. The van der Waals surface area contributed by atoms with E-state index in [1.54, 1.807) is 27.7 Å². The molecule has 16 heavy (non-hydrogen) atoms. The molecule has 0 heterocycles. The van der Waals surface area contributed by atoms with E-state index in [0.29, 0.717) is 0 Å².